The number of hydrogen-bond acceptors (Lipinski definition) is 5. The van der Waals surface area contributed by atoms with Crippen molar-refractivity contribution in [2.75, 3.05) is 33.4 Å². The molecular formula is C23H27N4O4P. The van der Waals surface area contributed by atoms with Gasteiger partial charge in [0, 0.05) is 29.9 Å². The summed E-state index contributed by atoms with van der Waals surface area (Å²) >= 11 is 0. The molecule has 0 bridgehead atoms. The van der Waals surface area contributed by atoms with Crippen LogP contribution in [0.5, 0.6) is 5.75 Å². The summed E-state index contributed by atoms with van der Waals surface area (Å²) in [5, 5.41) is 9.42. The van der Waals surface area contributed by atoms with Crippen LogP contribution in [-0.2, 0) is 9.09 Å². The fourth-order valence-electron chi connectivity index (χ4n) is 4.29. The molecule has 0 spiro atoms. The number of likely N-dealkylation sites (tertiary alicyclic amines) is 1. The van der Waals surface area contributed by atoms with E-state index < -0.39 is 7.60 Å². The number of nitrogens with one attached hydrogen (secondary N) is 2. The van der Waals surface area contributed by atoms with E-state index >= 15 is 0 Å². The molecular weight excluding hydrogens is 427 g/mol. The summed E-state index contributed by atoms with van der Waals surface area (Å²) in [7, 11) is -2.62. The molecule has 0 saturated carbocycles. The molecule has 1 unspecified atom stereocenters. The highest BCUT2D eigenvalue weighted by molar-refractivity contribution is 7.61. The van der Waals surface area contributed by atoms with Gasteiger partial charge in [0.25, 0.3) is 0 Å². The van der Waals surface area contributed by atoms with Gasteiger partial charge in [-0.2, -0.15) is 5.10 Å². The van der Waals surface area contributed by atoms with E-state index in [2.05, 4.69) is 20.1 Å². The summed E-state index contributed by atoms with van der Waals surface area (Å²) in [4.78, 5) is 15.9. The first-order valence-electron chi connectivity index (χ1n) is 10.9. The Balaban J connectivity index is 1.38. The SMILES string of the molecule is COP(=O)(O)c1ccc2[nH]nc(-c3cc4cc(OCCN5CCCCC5)ccc4[nH]3)c2c1. The van der Waals surface area contributed by atoms with Crippen LogP contribution in [0.1, 0.15) is 19.3 Å². The van der Waals surface area contributed by atoms with E-state index in [1.54, 1.807) is 18.2 Å². The average Bonchev–Trinajstić information content (AvgIpc) is 3.42. The number of piperidine rings is 1. The van der Waals surface area contributed by atoms with Crippen LogP contribution in [0, 0.1) is 0 Å². The fraction of sp³-hybridized carbons (Fsp3) is 0.348. The maximum absolute atomic E-state index is 12.2. The van der Waals surface area contributed by atoms with Crippen molar-refractivity contribution in [1.82, 2.24) is 20.1 Å². The van der Waals surface area contributed by atoms with Gasteiger partial charge in [0.15, 0.2) is 0 Å². The van der Waals surface area contributed by atoms with Gasteiger partial charge >= 0.3 is 7.60 Å². The molecule has 1 atom stereocenters. The lowest BCUT2D eigenvalue weighted by molar-refractivity contribution is 0.183. The summed E-state index contributed by atoms with van der Waals surface area (Å²) in [5.41, 5.74) is 3.25. The van der Waals surface area contributed by atoms with Crippen molar-refractivity contribution in [2.24, 2.45) is 0 Å². The maximum atomic E-state index is 12.2. The first-order valence-corrected chi connectivity index (χ1v) is 12.5. The van der Waals surface area contributed by atoms with E-state index in [1.165, 1.54) is 39.5 Å². The number of hydrogen-bond donors (Lipinski definition) is 3. The lowest BCUT2D eigenvalue weighted by Crippen LogP contribution is -2.33. The van der Waals surface area contributed by atoms with Crippen molar-refractivity contribution >= 4 is 34.7 Å². The molecule has 32 heavy (non-hydrogen) atoms. The Bertz CT molecular complexity index is 1290. The molecule has 0 radical (unpaired) electrons. The predicted molar refractivity (Wildman–Crippen MR) is 126 cm³/mol. The van der Waals surface area contributed by atoms with Crippen LogP contribution in [0.15, 0.2) is 42.5 Å². The van der Waals surface area contributed by atoms with E-state index in [-0.39, 0.29) is 5.30 Å². The molecule has 0 amide bonds. The molecule has 0 aliphatic carbocycles. The quantitative estimate of drug-likeness (QED) is 0.364. The van der Waals surface area contributed by atoms with Gasteiger partial charge in [0.05, 0.1) is 16.5 Å². The zero-order valence-corrected chi connectivity index (χ0v) is 18.9. The van der Waals surface area contributed by atoms with Crippen LogP contribution in [0.4, 0.5) is 0 Å². The van der Waals surface area contributed by atoms with Gasteiger partial charge in [-0.05, 0) is 68.4 Å². The lowest BCUT2D eigenvalue weighted by Gasteiger charge is -2.26. The van der Waals surface area contributed by atoms with E-state index in [4.69, 9.17) is 9.26 Å². The van der Waals surface area contributed by atoms with E-state index in [0.717, 1.165) is 39.8 Å². The van der Waals surface area contributed by atoms with Gasteiger partial charge < -0.3 is 19.1 Å². The van der Waals surface area contributed by atoms with Crippen LogP contribution < -0.4 is 10.0 Å². The molecule has 1 aliphatic rings. The number of ether oxygens (including phenoxy) is 1. The molecule has 3 heterocycles. The monoisotopic (exact) mass is 454 g/mol. The third kappa shape index (κ3) is 4.19. The Kier molecular flexibility index (Phi) is 5.78. The first-order chi connectivity index (χ1) is 15.5. The molecule has 9 heteroatoms. The highest BCUT2D eigenvalue weighted by Crippen LogP contribution is 2.40. The van der Waals surface area contributed by atoms with Crippen molar-refractivity contribution in [3.05, 3.63) is 42.5 Å². The second-order valence-corrected chi connectivity index (χ2v) is 10.1. The maximum Gasteiger partial charge on any atom is 0.358 e. The first kappa shape index (κ1) is 21.2. The Labute approximate surface area is 186 Å². The van der Waals surface area contributed by atoms with Gasteiger partial charge in [-0.15, -0.1) is 0 Å². The standard InChI is InChI=1S/C23H27N4O4P/c1-30-32(28,29)18-6-8-21-19(15-18)23(26-25-21)22-14-16-13-17(5-7-20(16)24-22)31-12-11-27-9-3-2-4-10-27/h5-8,13-15,24H,2-4,9-12H2,1H3,(H,25,26)(H,28,29). The highest BCUT2D eigenvalue weighted by Gasteiger charge is 2.22. The fourth-order valence-corrected chi connectivity index (χ4v) is 5.06. The van der Waals surface area contributed by atoms with Gasteiger partial charge in [0.1, 0.15) is 18.1 Å². The van der Waals surface area contributed by atoms with Gasteiger partial charge in [-0.1, -0.05) is 6.42 Å². The molecule has 3 N–H and O–H groups in total. The van der Waals surface area contributed by atoms with Crippen LogP contribution in [0.25, 0.3) is 33.2 Å². The third-order valence-electron chi connectivity index (χ3n) is 6.09. The summed E-state index contributed by atoms with van der Waals surface area (Å²) in [6, 6.07) is 13.0. The van der Waals surface area contributed by atoms with Crippen LogP contribution in [0.3, 0.4) is 0 Å². The number of nitrogens with zero attached hydrogens (tertiary/aromatic N) is 2. The van der Waals surface area contributed by atoms with Crippen molar-refractivity contribution in [3.8, 4) is 17.1 Å². The number of H-pyrrole nitrogens is 2. The lowest BCUT2D eigenvalue weighted by atomic mass is 10.1. The zero-order valence-electron chi connectivity index (χ0n) is 18.0. The molecule has 1 fully saturated rings. The van der Waals surface area contributed by atoms with Gasteiger partial charge in [0.2, 0.25) is 0 Å². The number of fused-ring (bicyclic) bond motifs is 2. The minimum absolute atomic E-state index is 0.232. The van der Waals surface area contributed by atoms with Crippen LogP contribution in [-0.4, -0.2) is 58.3 Å². The third-order valence-corrected chi connectivity index (χ3v) is 7.52. The minimum Gasteiger partial charge on any atom is -0.492 e. The molecule has 8 nitrogen and oxygen atoms in total. The average molecular weight is 454 g/mol. The molecule has 2 aromatic carbocycles. The van der Waals surface area contributed by atoms with Crippen LogP contribution in [0.2, 0.25) is 0 Å². The Morgan fingerprint density at radius 3 is 2.72 bits per heavy atom. The molecule has 5 rings (SSSR count). The number of aromatic nitrogens is 3. The van der Waals surface area contributed by atoms with Gasteiger partial charge in [-0.3, -0.25) is 14.6 Å². The molecule has 4 aromatic rings. The highest BCUT2D eigenvalue weighted by atomic mass is 31.2. The summed E-state index contributed by atoms with van der Waals surface area (Å²) in [6.07, 6.45) is 3.90. The van der Waals surface area contributed by atoms with E-state index in [1.807, 2.05) is 24.3 Å². The molecule has 1 aliphatic heterocycles. The minimum atomic E-state index is -3.85. The predicted octanol–water partition coefficient (Wildman–Crippen LogP) is 4.03. The number of aromatic amines is 2. The summed E-state index contributed by atoms with van der Waals surface area (Å²) in [6.45, 7) is 3.96. The smallest absolute Gasteiger partial charge is 0.358 e. The Morgan fingerprint density at radius 2 is 1.91 bits per heavy atom. The van der Waals surface area contributed by atoms with E-state index in [9.17, 15) is 9.46 Å². The summed E-state index contributed by atoms with van der Waals surface area (Å²) in [5.74, 6) is 0.843. The van der Waals surface area contributed by atoms with Crippen molar-refractivity contribution < 1.29 is 18.7 Å². The van der Waals surface area contributed by atoms with Crippen molar-refractivity contribution in [3.63, 3.8) is 0 Å². The van der Waals surface area contributed by atoms with E-state index in [0.29, 0.717) is 12.3 Å². The number of benzene rings is 2. The zero-order chi connectivity index (χ0) is 22.1. The van der Waals surface area contributed by atoms with Gasteiger partial charge in [-0.25, -0.2) is 0 Å². The largest absolute Gasteiger partial charge is 0.492 e. The normalized spacial score (nSPS) is 17.1. The number of rotatable bonds is 7. The van der Waals surface area contributed by atoms with Crippen molar-refractivity contribution in [2.45, 2.75) is 19.3 Å². The van der Waals surface area contributed by atoms with Crippen LogP contribution >= 0.6 is 7.60 Å². The summed E-state index contributed by atoms with van der Waals surface area (Å²) < 4.78 is 23.0. The second-order valence-electron chi connectivity index (χ2n) is 8.19. The Hall–Kier alpha value is -2.64. The Morgan fingerprint density at radius 1 is 1.09 bits per heavy atom. The molecule has 168 valence electrons. The van der Waals surface area contributed by atoms with Crippen molar-refractivity contribution in [1.29, 1.82) is 0 Å². The molecule has 1 saturated heterocycles. The second kappa shape index (κ2) is 8.71. The topological polar surface area (TPSA) is 103 Å². The molecule has 2 aromatic heterocycles.